The predicted molar refractivity (Wildman–Crippen MR) is 91.6 cm³/mol. The number of halogens is 1. The lowest BCUT2D eigenvalue weighted by Crippen LogP contribution is -2.18. The van der Waals surface area contributed by atoms with Crippen LogP contribution >= 0.6 is 15.9 Å². The highest BCUT2D eigenvalue weighted by Crippen LogP contribution is 2.19. The number of benzene rings is 2. The van der Waals surface area contributed by atoms with Gasteiger partial charge >= 0.3 is 0 Å². The normalized spacial score (nSPS) is 12.4. The Morgan fingerprint density at radius 1 is 1.05 bits per heavy atom. The van der Waals surface area contributed by atoms with E-state index in [-0.39, 0.29) is 6.10 Å². The summed E-state index contributed by atoms with van der Waals surface area (Å²) in [5.41, 5.74) is 2.51. The smallest absolute Gasteiger partial charge is 0.120 e. The van der Waals surface area contributed by atoms with E-state index in [1.807, 2.05) is 32.0 Å². The van der Waals surface area contributed by atoms with Crippen LogP contribution in [0.3, 0.4) is 0 Å². The zero-order valence-corrected chi connectivity index (χ0v) is 14.4. The standard InChI is InChI=1S/C18H22BrNO/c1-13(2)21-18-9-4-6-15(10-18)12-20-14(3)16-7-5-8-17(19)11-16/h4-11,13-14,20H,12H2,1-3H3/t14-/m0/s1. The predicted octanol–water partition coefficient (Wildman–Crippen LogP) is 5.09. The molecule has 0 bridgehead atoms. The summed E-state index contributed by atoms with van der Waals surface area (Å²) in [6.07, 6.45) is 0.203. The van der Waals surface area contributed by atoms with Crippen LogP contribution in [0, 0.1) is 0 Å². The molecule has 2 aromatic rings. The monoisotopic (exact) mass is 347 g/mol. The van der Waals surface area contributed by atoms with Crippen LogP contribution in [0.15, 0.2) is 53.0 Å². The largest absolute Gasteiger partial charge is 0.491 e. The summed E-state index contributed by atoms with van der Waals surface area (Å²) in [5.74, 6) is 0.930. The molecule has 0 saturated heterocycles. The Balaban J connectivity index is 1.96. The van der Waals surface area contributed by atoms with Gasteiger partial charge in [0.15, 0.2) is 0 Å². The van der Waals surface area contributed by atoms with E-state index in [1.165, 1.54) is 11.1 Å². The quantitative estimate of drug-likeness (QED) is 0.785. The molecule has 0 unspecified atom stereocenters. The van der Waals surface area contributed by atoms with Gasteiger partial charge in [-0.3, -0.25) is 0 Å². The molecule has 0 spiro atoms. The van der Waals surface area contributed by atoms with Gasteiger partial charge in [-0.1, -0.05) is 40.2 Å². The third kappa shape index (κ3) is 5.18. The highest BCUT2D eigenvalue weighted by Gasteiger charge is 2.06. The average Bonchev–Trinajstić information content (AvgIpc) is 2.44. The Kier molecular flexibility index (Phi) is 5.83. The van der Waals surface area contributed by atoms with Crippen LogP contribution < -0.4 is 10.1 Å². The van der Waals surface area contributed by atoms with Crippen molar-refractivity contribution < 1.29 is 4.74 Å². The topological polar surface area (TPSA) is 21.3 Å². The summed E-state index contributed by atoms with van der Waals surface area (Å²) in [7, 11) is 0. The first-order valence-electron chi connectivity index (χ1n) is 7.29. The Hall–Kier alpha value is -1.32. The molecule has 0 aromatic heterocycles. The molecule has 0 radical (unpaired) electrons. The minimum absolute atomic E-state index is 0.203. The molecule has 0 aliphatic carbocycles. The average molecular weight is 348 g/mol. The van der Waals surface area contributed by atoms with E-state index in [9.17, 15) is 0 Å². The fraction of sp³-hybridized carbons (Fsp3) is 0.333. The molecule has 2 nitrogen and oxygen atoms in total. The maximum absolute atomic E-state index is 5.73. The van der Waals surface area contributed by atoms with Gasteiger partial charge in [0, 0.05) is 17.1 Å². The summed E-state index contributed by atoms with van der Waals surface area (Å²) in [5, 5.41) is 3.55. The molecule has 112 valence electrons. The van der Waals surface area contributed by atoms with Gasteiger partial charge in [0.1, 0.15) is 5.75 Å². The molecule has 3 heteroatoms. The maximum Gasteiger partial charge on any atom is 0.120 e. The lowest BCUT2D eigenvalue weighted by atomic mass is 10.1. The van der Waals surface area contributed by atoms with Crippen molar-refractivity contribution in [2.24, 2.45) is 0 Å². The van der Waals surface area contributed by atoms with Gasteiger partial charge < -0.3 is 10.1 Å². The molecule has 2 rings (SSSR count). The first kappa shape index (κ1) is 16.1. The molecule has 2 aromatic carbocycles. The molecular weight excluding hydrogens is 326 g/mol. The van der Waals surface area contributed by atoms with E-state index in [0.717, 1.165) is 16.8 Å². The minimum Gasteiger partial charge on any atom is -0.491 e. The number of hydrogen-bond donors (Lipinski definition) is 1. The maximum atomic E-state index is 5.73. The minimum atomic E-state index is 0.203. The van der Waals surface area contributed by atoms with Crippen LogP contribution in [0.25, 0.3) is 0 Å². The number of rotatable bonds is 6. The number of hydrogen-bond acceptors (Lipinski definition) is 2. The molecule has 0 aliphatic rings. The highest BCUT2D eigenvalue weighted by molar-refractivity contribution is 9.10. The van der Waals surface area contributed by atoms with E-state index in [2.05, 4.69) is 58.5 Å². The van der Waals surface area contributed by atoms with Gasteiger partial charge in [-0.25, -0.2) is 0 Å². The van der Waals surface area contributed by atoms with Gasteiger partial charge in [0.2, 0.25) is 0 Å². The van der Waals surface area contributed by atoms with E-state index in [1.54, 1.807) is 0 Å². The van der Waals surface area contributed by atoms with E-state index in [4.69, 9.17) is 4.74 Å². The van der Waals surface area contributed by atoms with Crippen LogP contribution in [0.1, 0.15) is 37.9 Å². The fourth-order valence-corrected chi connectivity index (χ4v) is 2.58. The summed E-state index contributed by atoms with van der Waals surface area (Å²) in [6, 6.07) is 17.0. The van der Waals surface area contributed by atoms with Crippen molar-refractivity contribution in [1.82, 2.24) is 5.32 Å². The van der Waals surface area contributed by atoms with E-state index in [0.29, 0.717) is 6.04 Å². The van der Waals surface area contributed by atoms with Crippen LogP contribution in [-0.2, 0) is 6.54 Å². The van der Waals surface area contributed by atoms with Crippen molar-refractivity contribution in [2.75, 3.05) is 0 Å². The second-order valence-corrected chi connectivity index (χ2v) is 6.39. The molecule has 0 saturated carbocycles. The number of nitrogens with one attached hydrogen (secondary N) is 1. The van der Waals surface area contributed by atoms with Crippen molar-refractivity contribution in [3.63, 3.8) is 0 Å². The molecular formula is C18H22BrNO. The molecule has 0 aliphatic heterocycles. The first-order valence-corrected chi connectivity index (χ1v) is 8.08. The first-order chi connectivity index (χ1) is 10.0. The molecule has 21 heavy (non-hydrogen) atoms. The summed E-state index contributed by atoms with van der Waals surface area (Å²) < 4.78 is 6.84. The van der Waals surface area contributed by atoms with Gasteiger partial charge in [-0.05, 0) is 56.2 Å². The number of ether oxygens (including phenoxy) is 1. The van der Waals surface area contributed by atoms with Crippen LogP contribution in [-0.4, -0.2) is 6.10 Å². The summed E-state index contributed by atoms with van der Waals surface area (Å²) in [4.78, 5) is 0. The third-order valence-electron chi connectivity index (χ3n) is 3.23. The molecule has 0 fully saturated rings. The van der Waals surface area contributed by atoms with Crippen LogP contribution in [0.5, 0.6) is 5.75 Å². The molecule has 0 heterocycles. The zero-order valence-electron chi connectivity index (χ0n) is 12.8. The van der Waals surface area contributed by atoms with Gasteiger partial charge in [-0.2, -0.15) is 0 Å². The molecule has 0 amide bonds. The van der Waals surface area contributed by atoms with Crippen molar-refractivity contribution in [1.29, 1.82) is 0 Å². The molecule has 1 atom stereocenters. The highest BCUT2D eigenvalue weighted by atomic mass is 79.9. The van der Waals surface area contributed by atoms with Crippen LogP contribution in [0.4, 0.5) is 0 Å². The van der Waals surface area contributed by atoms with Crippen molar-refractivity contribution in [2.45, 2.75) is 39.5 Å². The second kappa shape index (κ2) is 7.62. The van der Waals surface area contributed by atoms with Crippen molar-refractivity contribution >= 4 is 15.9 Å². The Bertz CT molecular complexity index is 583. The van der Waals surface area contributed by atoms with Crippen molar-refractivity contribution in [3.05, 3.63) is 64.1 Å². The van der Waals surface area contributed by atoms with Gasteiger partial charge in [-0.15, -0.1) is 0 Å². The zero-order chi connectivity index (χ0) is 15.2. The second-order valence-electron chi connectivity index (χ2n) is 5.47. The van der Waals surface area contributed by atoms with Gasteiger partial charge in [0.25, 0.3) is 0 Å². The van der Waals surface area contributed by atoms with E-state index >= 15 is 0 Å². The van der Waals surface area contributed by atoms with Gasteiger partial charge in [0.05, 0.1) is 6.10 Å². The van der Waals surface area contributed by atoms with Crippen LogP contribution in [0.2, 0.25) is 0 Å². The fourth-order valence-electron chi connectivity index (χ4n) is 2.17. The Labute approximate surface area is 135 Å². The Morgan fingerprint density at radius 2 is 1.81 bits per heavy atom. The molecule has 1 N–H and O–H groups in total. The summed E-state index contributed by atoms with van der Waals surface area (Å²) in [6.45, 7) is 7.08. The SMILES string of the molecule is CC(C)Oc1cccc(CN[C@@H](C)c2cccc(Br)c2)c1. The third-order valence-corrected chi connectivity index (χ3v) is 3.72. The summed E-state index contributed by atoms with van der Waals surface area (Å²) >= 11 is 3.51. The van der Waals surface area contributed by atoms with Crippen molar-refractivity contribution in [3.8, 4) is 5.75 Å². The van der Waals surface area contributed by atoms with E-state index < -0.39 is 0 Å². The lowest BCUT2D eigenvalue weighted by molar-refractivity contribution is 0.242. The Morgan fingerprint density at radius 3 is 2.52 bits per heavy atom. The lowest BCUT2D eigenvalue weighted by Gasteiger charge is -2.16.